The Bertz CT molecular complexity index is 549. The summed E-state index contributed by atoms with van der Waals surface area (Å²) in [6.45, 7) is 0.871. The van der Waals surface area contributed by atoms with Gasteiger partial charge in [-0.1, -0.05) is 43.2 Å². The molecule has 0 aliphatic heterocycles. The lowest BCUT2D eigenvalue weighted by Gasteiger charge is -2.29. The topological polar surface area (TPSA) is 67.1 Å². The van der Waals surface area contributed by atoms with Gasteiger partial charge in [-0.15, -0.1) is 10.2 Å². The Hall–Kier alpha value is -2.14. The Labute approximate surface area is 125 Å². The Kier molecular flexibility index (Phi) is 4.31. The lowest BCUT2D eigenvalue weighted by Crippen LogP contribution is -2.33. The van der Waals surface area contributed by atoms with Crippen molar-refractivity contribution in [3.05, 3.63) is 48.0 Å². The quantitative estimate of drug-likeness (QED) is 0.652. The zero-order valence-corrected chi connectivity index (χ0v) is 12.1. The van der Waals surface area contributed by atoms with Crippen molar-refractivity contribution in [2.75, 3.05) is 10.3 Å². The van der Waals surface area contributed by atoms with Gasteiger partial charge in [0.15, 0.2) is 11.6 Å². The number of aromatic nitrogens is 2. The minimum atomic E-state index is 0.552. The first-order valence-electron chi connectivity index (χ1n) is 7.48. The van der Waals surface area contributed by atoms with Crippen LogP contribution in [0.4, 0.5) is 11.6 Å². The van der Waals surface area contributed by atoms with Gasteiger partial charge in [0.1, 0.15) is 0 Å². The summed E-state index contributed by atoms with van der Waals surface area (Å²) >= 11 is 0. The van der Waals surface area contributed by atoms with Crippen LogP contribution in [0, 0.1) is 0 Å². The maximum absolute atomic E-state index is 5.36. The molecule has 1 aliphatic carbocycles. The van der Waals surface area contributed by atoms with Crippen LogP contribution in [0.5, 0.6) is 0 Å². The van der Waals surface area contributed by atoms with E-state index in [1.165, 1.54) is 31.2 Å². The number of nitrogen functional groups attached to an aromatic ring is 1. The molecule has 110 valence electrons. The zero-order valence-electron chi connectivity index (χ0n) is 12.1. The Morgan fingerprint density at radius 2 is 1.81 bits per heavy atom. The Morgan fingerprint density at radius 1 is 1.05 bits per heavy atom. The second-order valence-corrected chi connectivity index (χ2v) is 5.47. The molecule has 1 heterocycles. The molecule has 0 saturated heterocycles. The molecule has 2 aromatic rings. The number of hydrogen-bond donors (Lipinski definition) is 2. The van der Waals surface area contributed by atoms with Crippen LogP contribution in [-0.2, 0) is 6.54 Å². The molecule has 1 saturated carbocycles. The summed E-state index contributed by atoms with van der Waals surface area (Å²) in [5.41, 5.74) is 3.82. The van der Waals surface area contributed by atoms with Crippen LogP contribution in [0.1, 0.15) is 31.2 Å². The highest BCUT2D eigenvalue weighted by molar-refractivity contribution is 5.44. The first kappa shape index (κ1) is 13.8. The number of rotatable bonds is 5. The van der Waals surface area contributed by atoms with E-state index in [1.807, 2.05) is 18.2 Å². The standard InChI is InChI=1S/C16H21N5/c17-18-15-10-11-16(20-19-15)21(14-8-4-5-9-14)12-13-6-2-1-3-7-13/h1-3,6-7,10-11,14H,4-5,8-9,12,17H2,(H,18,19). The molecule has 3 rings (SSSR count). The highest BCUT2D eigenvalue weighted by atomic mass is 15.3. The third-order valence-corrected chi connectivity index (χ3v) is 4.05. The molecular formula is C16H21N5. The number of nitrogens with two attached hydrogens (primary N) is 1. The van der Waals surface area contributed by atoms with Crippen LogP contribution in [0.3, 0.4) is 0 Å². The average molecular weight is 283 g/mol. The summed E-state index contributed by atoms with van der Waals surface area (Å²) in [5.74, 6) is 6.86. The van der Waals surface area contributed by atoms with E-state index < -0.39 is 0 Å². The fraction of sp³-hybridized carbons (Fsp3) is 0.375. The summed E-state index contributed by atoms with van der Waals surface area (Å²) in [7, 11) is 0. The molecular weight excluding hydrogens is 262 g/mol. The Morgan fingerprint density at radius 3 is 2.43 bits per heavy atom. The van der Waals surface area contributed by atoms with Gasteiger partial charge in [-0.25, -0.2) is 5.84 Å². The van der Waals surface area contributed by atoms with Crippen LogP contribution in [0.15, 0.2) is 42.5 Å². The minimum absolute atomic E-state index is 0.552. The number of hydrogen-bond acceptors (Lipinski definition) is 5. The van der Waals surface area contributed by atoms with E-state index in [2.05, 4.69) is 44.8 Å². The van der Waals surface area contributed by atoms with Crippen molar-refractivity contribution in [3.63, 3.8) is 0 Å². The third-order valence-electron chi connectivity index (χ3n) is 4.05. The second kappa shape index (κ2) is 6.54. The summed E-state index contributed by atoms with van der Waals surface area (Å²) in [6.07, 6.45) is 5.05. The zero-order chi connectivity index (χ0) is 14.5. The molecule has 0 amide bonds. The monoisotopic (exact) mass is 283 g/mol. The number of nitrogens with zero attached hydrogens (tertiary/aromatic N) is 3. The summed E-state index contributed by atoms with van der Waals surface area (Å²) in [4.78, 5) is 2.37. The SMILES string of the molecule is NNc1ccc(N(Cc2ccccc2)C2CCCC2)nn1. The Balaban J connectivity index is 1.84. The molecule has 0 bridgehead atoms. The number of anilines is 2. The molecule has 3 N–H and O–H groups in total. The van der Waals surface area contributed by atoms with Gasteiger partial charge >= 0.3 is 0 Å². The van der Waals surface area contributed by atoms with E-state index in [-0.39, 0.29) is 0 Å². The largest absolute Gasteiger partial charge is 0.348 e. The summed E-state index contributed by atoms with van der Waals surface area (Å²) in [5, 5.41) is 8.43. The van der Waals surface area contributed by atoms with Crippen molar-refractivity contribution in [1.82, 2.24) is 10.2 Å². The van der Waals surface area contributed by atoms with Crippen molar-refractivity contribution >= 4 is 11.6 Å². The second-order valence-electron chi connectivity index (χ2n) is 5.47. The van der Waals surface area contributed by atoms with Gasteiger partial charge in [0.2, 0.25) is 0 Å². The third kappa shape index (κ3) is 3.31. The lowest BCUT2D eigenvalue weighted by atomic mass is 10.1. The molecule has 5 nitrogen and oxygen atoms in total. The predicted octanol–water partition coefficient (Wildman–Crippen LogP) is 2.71. The minimum Gasteiger partial charge on any atom is -0.348 e. The molecule has 1 aromatic carbocycles. The van der Waals surface area contributed by atoms with E-state index in [4.69, 9.17) is 5.84 Å². The molecule has 1 fully saturated rings. The van der Waals surface area contributed by atoms with Crippen LogP contribution in [0.2, 0.25) is 0 Å². The van der Waals surface area contributed by atoms with E-state index >= 15 is 0 Å². The average Bonchev–Trinajstić information content (AvgIpc) is 3.08. The molecule has 5 heteroatoms. The smallest absolute Gasteiger partial charge is 0.162 e. The molecule has 0 spiro atoms. The molecule has 1 aliphatic rings. The van der Waals surface area contributed by atoms with Gasteiger partial charge in [0.25, 0.3) is 0 Å². The van der Waals surface area contributed by atoms with Crippen molar-refractivity contribution in [3.8, 4) is 0 Å². The highest BCUT2D eigenvalue weighted by Gasteiger charge is 2.24. The van der Waals surface area contributed by atoms with Crippen LogP contribution in [0.25, 0.3) is 0 Å². The molecule has 0 atom stereocenters. The molecule has 21 heavy (non-hydrogen) atoms. The van der Waals surface area contributed by atoms with E-state index in [0.717, 1.165) is 12.4 Å². The van der Waals surface area contributed by atoms with Gasteiger partial charge in [-0.3, -0.25) is 0 Å². The lowest BCUT2D eigenvalue weighted by molar-refractivity contribution is 0.594. The fourth-order valence-corrected chi connectivity index (χ4v) is 2.95. The summed E-state index contributed by atoms with van der Waals surface area (Å²) < 4.78 is 0. The van der Waals surface area contributed by atoms with Gasteiger partial charge in [-0.2, -0.15) is 0 Å². The van der Waals surface area contributed by atoms with Crippen LogP contribution in [-0.4, -0.2) is 16.2 Å². The maximum Gasteiger partial charge on any atom is 0.162 e. The highest BCUT2D eigenvalue weighted by Crippen LogP contribution is 2.28. The van der Waals surface area contributed by atoms with E-state index in [1.54, 1.807) is 0 Å². The van der Waals surface area contributed by atoms with Crippen LogP contribution < -0.4 is 16.2 Å². The van der Waals surface area contributed by atoms with Crippen LogP contribution >= 0.6 is 0 Å². The maximum atomic E-state index is 5.36. The first-order chi connectivity index (χ1) is 10.4. The van der Waals surface area contributed by atoms with Gasteiger partial charge < -0.3 is 10.3 Å². The van der Waals surface area contributed by atoms with E-state index in [9.17, 15) is 0 Å². The summed E-state index contributed by atoms with van der Waals surface area (Å²) in [6, 6.07) is 14.9. The molecule has 0 unspecified atom stereocenters. The van der Waals surface area contributed by atoms with Crippen molar-refractivity contribution in [1.29, 1.82) is 0 Å². The van der Waals surface area contributed by atoms with Crippen molar-refractivity contribution < 1.29 is 0 Å². The number of hydrazine groups is 1. The van der Waals surface area contributed by atoms with Gasteiger partial charge in [0, 0.05) is 12.6 Å². The first-order valence-corrected chi connectivity index (χ1v) is 7.48. The van der Waals surface area contributed by atoms with E-state index in [0.29, 0.717) is 11.9 Å². The molecule has 1 aromatic heterocycles. The van der Waals surface area contributed by atoms with Gasteiger partial charge in [0.05, 0.1) is 0 Å². The predicted molar refractivity (Wildman–Crippen MR) is 84.7 cm³/mol. The fourth-order valence-electron chi connectivity index (χ4n) is 2.95. The van der Waals surface area contributed by atoms with Crippen molar-refractivity contribution in [2.24, 2.45) is 5.84 Å². The van der Waals surface area contributed by atoms with Gasteiger partial charge in [-0.05, 0) is 30.5 Å². The number of benzene rings is 1. The number of nitrogens with one attached hydrogen (secondary N) is 1. The normalized spacial score (nSPS) is 15.1. The van der Waals surface area contributed by atoms with Crippen molar-refractivity contribution in [2.45, 2.75) is 38.3 Å². The molecule has 0 radical (unpaired) electrons.